The van der Waals surface area contributed by atoms with Gasteiger partial charge in [-0.15, -0.1) is 0 Å². The second-order valence-electron chi connectivity index (χ2n) is 9.11. The molecule has 2 aromatic carbocycles. The molecule has 0 radical (unpaired) electrons. The van der Waals surface area contributed by atoms with Gasteiger partial charge in [-0.1, -0.05) is 48.5 Å². The second-order valence-corrected chi connectivity index (χ2v) is 9.11. The number of carboxylic acid groups (broad SMARTS) is 1. The number of aliphatic carboxylic acids is 1. The maximum Gasteiger partial charge on any atom is 0.490 e. The molecule has 2 amide bonds. The number of carbonyl (C=O) groups excluding carboxylic acids is 2. The van der Waals surface area contributed by atoms with Crippen LogP contribution < -0.4 is 11.1 Å². The molecule has 3 aromatic rings. The number of carboxylic acids is 1. The highest BCUT2D eigenvalue weighted by molar-refractivity contribution is 5.88. The van der Waals surface area contributed by atoms with Crippen LogP contribution in [0.3, 0.4) is 0 Å². The van der Waals surface area contributed by atoms with Gasteiger partial charge in [0.05, 0.1) is 12.2 Å². The van der Waals surface area contributed by atoms with Gasteiger partial charge in [0, 0.05) is 31.6 Å². The lowest BCUT2D eigenvalue weighted by molar-refractivity contribution is -0.192. The molecule has 1 aliphatic heterocycles. The molecule has 2 heterocycles. The zero-order valence-electron chi connectivity index (χ0n) is 21.3. The summed E-state index contributed by atoms with van der Waals surface area (Å²) in [5.41, 5.74) is 9.50. The van der Waals surface area contributed by atoms with Crippen LogP contribution in [0, 0.1) is 5.82 Å². The van der Waals surface area contributed by atoms with Crippen molar-refractivity contribution in [1.29, 1.82) is 0 Å². The van der Waals surface area contributed by atoms with E-state index in [-0.39, 0.29) is 37.0 Å². The van der Waals surface area contributed by atoms with Crippen LogP contribution in [0.2, 0.25) is 0 Å². The van der Waals surface area contributed by atoms with Crippen molar-refractivity contribution in [2.75, 3.05) is 0 Å². The Morgan fingerprint density at radius 1 is 1.02 bits per heavy atom. The molecular weight excluding hydrogens is 532 g/mol. The topological polar surface area (TPSA) is 126 Å². The van der Waals surface area contributed by atoms with Crippen LogP contribution in [0.25, 0.3) is 0 Å². The van der Waals surface area contributed by atoms with Crippen LogP contribution >= 0.6 is 0 Å². The van der Waals surface area contributed by atoms with E-state index < -0.39 is 24.2 Å². The number of hydrogen-bond acceptors (Lipinski definition) is 5. The van der Waals surface area contributed by atoms with Gasteiger partial charge in [0.2, 0.25) is 11.8 Å². The van der Waals surface area contributed by atoms with Crippen LogP contribution in [0.1, 0.15) is 28.8 Å². The zero-order valence-corrected chi connectivity index (χ0v) is 21.3. The molecule has 1 aromatic heterocycles. The molecule has 40 heavy (non-hydrogen) atoms. The summed E-state index contributed by atoms with van der Waals surface area (Å²) in [5, 5.41) is 10.0. The zero-order chi connectivity index (χ0) is 29.3. The van der Waals surface area contributed by atoms with E-state index in [1.165, 1.54) is 6.07 Å². The van der Waals surface area contributed by atoms with Gasteiger partial charge in [-0.05, 0) is 41.3 Å². The van der Waals surface area contributed by atoms with E-state index in [9.17, 15) is 27.2 Å². The van der Waals surface area contributed by atoms with Crippen molar-refractivity contribution in [2.45, 2.75) is 50.6 Å². The number of pyridine rings is 1. The van der Waals surface area contributed by atoms with E-state index in [2.05, 4.69) is 10.3 Å². The number of nitrogens with one attached hydrogen (secondary N) is 1. The highest BCUT2D eigenvalue weighted by atomic mass is 19.4. The number of benzene rings is 2. The molecule has 2 atom stereocenters. The van der Waals surface area contributed by atoms with Crippen molar-refractivity contribution in [1.82, 2.24) is 15.2 Å². The van der Waals surface area contributed by atoms with Gasteiger partial charge >= 0.3 is 12.1 Å². The predicted molar refractivity (Wildman–Crippen MR) is 137 cm³/mol. The first kappa shape index (κ1) is 30.2. The largest absolute Gasteiger partial charge is 0.490 e. The van der Waals surface area contributed by atoms with E-state index in [1.807, 2.05) is 42.5 Å². The monoisotopic (exact) mass is 560 g/mol. The molecule has 4 N–H and O–H groups in total. The van der Waals surface area contributed by atoms with Gasteiger partial charge in [0.1, 0.15) is 11.9 Å². The Hall–Kier alpha value is -4.32. The standard InChI is InChI=1S/C26H27FN4O2.C2HF3O2/c27-23-11-4-3-8-19(23)13-21(28)15-25(32)31-17-20-9-2-1-7-18(20)14-24(31)26(33)30-16-22-10-5-6-12-29-22;3-2(4,5)1(6)7/h1-12,21,24H,13-17,28H2,(H,30,33);(H,6,7)/t21?,24-;/m0./s1. The molecule has 0 saturated carbocycles. The van der Waals surface area contributed by atoms with Crippen LogP contribution in [0.4, 0.5) is 17.6 Å². The predicted octanol–water partition coefficient (Wildman–Crippen LogP) is 3.38. The molecule has 0 saturated heterocycles. The number of halogens is 4. The lowest BCUT2D eigenvalue weighted by Crippen LogP contribution is -2.53. The summed E-state index contributed by atoms with van der Waals surface area (Å²) in [6.45, 7) is 0.621. The summed E-state index contributed by atoms with van der Waals surface area (Å²) in [6, 6.07) is 18.5. The molecule has 8 nitrogen and oxygen atoms in total. The summed E-state index contributed by atoms with van der Waals surface area (Å²) in [7, 11) is 0. The first-order valence-electron chi connectivity index (χ1n) is 12.3. The Balaban J connectivity index is 0.000000559. The Bertz CT molecular complexity index is 1320. The number of fused-ring (bicyclic) bond motifs is 1. The van der Waals surface area contributed by atoms with E-state index in [4.69, 9.17) is 15.6 Å². The summed E-state index contributed by atoms with van der Waals surface area (Å²) in [6.07, 6.45) is -2.70. The quantitative estimate of drug-likeness (QED) is 0.381. The molecule has 0 aliphatic carbocycles. The normalized spacial score (nSPS) is 15.2. The number of rotatable bonds is 7. The summed E-state index contributed by atoms with van der Waals surface area (Å²) in [5.74, 6) is -3.54. The Kier molecular flexibility index (Phi) is 10.3. The number of hydrogen-bond donors (Lipinski definition) is 3. The number of amides is 2. The van der Waals surface area contributed by atoms with Gasteiger partial charge in [-0.2, -0.15) is 13.2 Å². The fraction of sp³-hybridized carbons (Fsp3) is 0.286. The highest BCUT2D eigenvalue weighted by Crippen LogP contribution is 2.25. The second kappa shape index (κ2) is 13.7. The fourth-order valence-electron chi connectivity index (χ4n) is 4.18. The number of carbonyl (C=O) groups is 3. The summed E-state index contributed by atoms with van der Waals surface area (Å²) in [4.78, 5) is 41.1. The first-order chi connectivity index (χ1) is 19.0. The van der Waals surface area contributed by atoms with Crippen LogP contribution in [0.15, 0.2) is 72.9 Å². The van der Waals surface area contributed by atoms with Crippen LogP contribution in [0.5, 0.6) is 0 Å². The molecule has 0 bridgehead atoms. The summed E-state index contributed by atoms with van der Waals surface area (Å²) >= 11 is 0. The van der Waals surface area contributed by atoms with Crippen molar-refractivity contribution in [3.63, 3.8) is 0 Å². The van der Waals surface area contributed by atoms with Gasteiger partial charge in [-0.25, -0.2) is 9.18 Å². The lowest BCUT2D eigenvalue weighted by Gasteiger charge is -2.36. The van der Waals surface area contributed by atoms with Gasteiger partial charge in [0.25, 0.3) is 0 Å². The van der Waals surface area contributed by atoms with E-state index in [1.54, 1.807) is 29.3 Å². The lowest BCUT2D eigenvalue weighted by atomic mass is 9.92. The van der Waals surface area contributed by atoms with Crippen molar-refractivity contribution in [3.05, 3.63) is 101 Å². The SMILES string of the molecule is NC(CC(=O)N1Cc2ccccc2C[C@H]1C(=O)NCc1ccccn1)Cc1ccccc1F.O=C(O)C(F)(F)F. The fourth-order valence-corrected chi connectivity index (χ4v) is 4.18. The third kappa shape index (κ3) is 8.60. The molecule has 12 heteroatoms. The minimum Gasteiger partial charge on any atom is -0.475 e. The number of nitrogens with zero attached hydrogens (tertiary/aromatic N) is 2. The molecular formula is C28H28F4N4O4. The molecule has 4 rings (SSSR count). The van der Waals surface area contributed by atoms with Crippen molar-refractivity contribution in [3.8, 4) is 0 Å². The maximum absolute atomic E-state index is 14.0. The highest BCUT2D eigenvalue weighted by Gasteiger charge is 2.38. The average molecular weight is 561 g/mol. The molecule has 0 fully saturated rings. The van der Waals surface area contributed by atoms with E-state index in [0.29, 0.717) is 18.5 Å². The minimum atomic E-state index is -5.08. The molecule has 0 spiro atoms. The number of nitrogens with two attached hydrogens (primary N) is 1. The van der Waals surface area contributed by atoms with E-state index >= 15 is 0 Å². The third-order valence-electron chi connectivity index (χ3n) is 6.16. The van der Waals surface area contributed by atoms with Crippen LogP contribution in [-0.4, -0.2) is 51.0 Å². The van der Waals surface area contributed by atoms with Gasteiger partial charge in [0.15, 0.2) is 0 Å². The van der Waals surface area contributed by atoms with Gasteiger partial charge in [-0.3, -0.25) is 14.6 Å². The van der Waals surface area contributed by atoms with Crippen LogP contribution in [-0.2, 0) is 40.3 Å². The molecule has 1 unspecified atom stereocenters. The van der Waals surface area contributed by atoms with Crippen molar-refractivity contribution in [2.24, 2.45) is 5.73 Å². The average Bonchev–Trinajstić information content (AvgIpc) is 2.92. The number of aromatic nitrogens is 1. The van der Waals surface area contributed by atoms with Crippen molar-refractivity contribution >= 4 is 17.8 Å². The third-order valence-corrected chi connectivity index (χ3v) is 6.16. The van der Waals surface area contributed by atoms with Gasteiger partial charge < -0.3 is 21.1 Å². The first-order valence-corrected chi connectivity index (χ1v) is 12.3. The molecule has 212 valence electrons. The Labute approximate surface area is 227 Å². The minimum absolute atomic E-state index is 0.0283. The Morgan fingerprint density at radius 2 is 1.65 bits per heavy atom. The maximum atomic E-state index is 14.0. The van der Waals surface area contributed by atoms with E-state index in [0.717, 1.165) is 16.8 Å². The summed E-state index contributed by atoms with van der Waals surface area (Å²) < 4.78 is 45.7. The molecule has 1 aliphatic rings. The number of alkyl halides is 3. The van der Waals surface area contributed by atoms with Crippen molar-refractivity contribution < 1.29 is 37.1 Å². The Morgan fingerprint density at radius 3 is 2.27 bits per heavy atom. The smallest absolute Gasteiger partial charge is 0.475 e.